The lowest BCUT2D eigenvalue weighted by molar-refractivity contribution is 0.354. The van der Waals surface area contributed by atoms with Gasteiger partial charge in [-0.15, -0.1) is 0 Å². The third-order valence-corrected chi connectivity index (χ3v) is 3.38. The molecule has 0 aliphatic carbocycles. The maximum atomic E-state index is 12.0. The molecule has 1 aromatic heterocycles. The summed E-state index contributed by atoms with van der Waals surface area (Å²) in [6.45, 7) is 0. The zero-order chi connectivity index (χ0) is 16.2. The predicted molar refractivity (Wildman–Crippen MR) is 88.8 cm³/mol. The molecule has 0 aliphatic rings. The number of methoxy groups -OCH3 is 2. The smallest absolute Gasteiger partial charge is 0.284 e. The summed E-state index contributed by atoms with van der Waals surface area (Å²) in [6.07, 6.45) is 3.40. The molecule has 0 unspecified atom stereocenters. The Labute approximate surface area is 132 Å². The summed E-state index contributed by atoms with van der Waals surface area (Å²) in [5.41, 5.74) is 0.985. The molecule has 1 heterocycles. The van der Waals surface area contributed by atoms with E-state index < -0.39 is 0 Å². The first-order chi connectivity index (χ1) is 11.2. The summed E-state index contributed by atoms with van der Waals surface area (Å²) in [6, 6.07) is 12.5. The van der Waals surface area contributed by atoms with Crippen molar-refractivity contribution >= 4 is 23.1 Å². The van der Waals surface area contributed by atoms with E-state index in [-0.39, 0.29) is 11.4 Å². The predicted octanol–water partition coefficient (Wildman–Crippen LogP) is 3.38. The Morgan fingerprint density at radius 3 is 2.61 bits per heavy atom. The van der Waals surface area contributed by atoms with Crippen molar-refractivity contribution in [1.82, 2.24) is 4.98 Å². The summed E-state index contributed by atoms with van der Waals surface area (Å²) in [5.74, 6) is 1.47. The maximum absolute atomic E-state index is 12.0. The molecule has 0 spiro atoms. The molecule has 0 bridgehead atoms. The van der Waals surface area contributed by atoms with Gasteiger partial charge in [-0.1, -0.05) is 24.3 Å². The molecule has 0 radical (unpaired) electrons. The quantitative estimate of drug-likeness (QED) is 0.739. The number of hydrogen-bond acceptors (Lipinski definition) is 5. The van der Waals surface area contributed by atoms with Crippen molar-refractivity contribution in [3.8, 4) is 11.5 Å². The van der Waals surface area contributed by atoms with Crippen LogP contribution >= 0.6 is 0 Å². The average molecular weight is 309 g/mol. The van der Waals surface area contributed by atoms with Crippen molar-refractivity contribution < 1.29 is 13.9 Å². The number of benzene rings is 2. The summed E-state index contributed by atoms with van der Waals surface area (Å²) in [7, 11) is 3.15. The molecule has 116 valence electrons. The highest BCUT2D eigenvalue weighted by atomic mass is 16.5. The van der Waals surface area contributed by atoms with Crippen LogP contribution in [0.5, 0.6) is 11.5 Å². The lowest BCUT2D eigenvalue weighted by Gasteiger charge is -2.09. The zero-order valence-electron chi connectivity index (χ0n) is 12.8. The van der Waals surface area contributed by atoms with Gasteiger partial charge in [0, 0.05) is 11.6 Å². The largest absolute Gasteiger partial charge is 0.493 e. The molecule has 2 aromatic carbocycles. The van der Waals surface area contributed by atoms with Gasteiger partial charge in [-0.3, -0.25) is 4.79 Å². The van der Waals surface area contributed by atoms with E-state index in [9.17, 15) is 4.79 Å². The summed E-state index contributed by atoms with van der Waals surface area (Å²) in [5, 5.41) is 0.462. The Kier molecular flexibility index (Phi) is 4.10. The molecule has 5 heteroatoms. The van der Waals surface area contributed by atoms with E-state index in [4.69, 9.17) is 13.9 Å². The van der Waals surface area contributed by atoms with E-state index in [1.807, 2.05) is 24.3 Å². The van der Waals surface area contributed by atoms with Gasteiger partial charge in [0.15, 0.2) is 11.5 Å². The molecule has 3 aromatic rings. The third-order valence-electron chi connectivity index (χ3n) is 3.38. The number of hydrogen-bond donors (Lipinski definition) is 0. The van der Waals surface area contributed by atoms with Gasteiger partial charge in [-0.2, -0.15) is 4.98 Å². The highest BCUT2D eigenvalue weighted by Crippen LogP contribution is 2.31. The van der Waals surface area contributed by atoms with Gasteiger partial charge in [0.25, 0.3) is 5.56 Å². The Hall–Kier alpha value is -3.08. The van der Waals surface area contributed by atoms with Crippen LogP contribution in [0.2, 0.25) is 0 Å². The molecule has 0 saturated carbocycles. The van der Waals surface area contributed by atoms with Gasteiger partial charge >= 0.3 is 0 Å². The van der Waals surface area contributed by atoms with Crippen LogP contribution in [0.1, 0.15) is 11.5 Å². The molecular weight excluding hydrogens is 294 g/mol. The Morgan fingerprint density at radius 1 is 1.00 bits per heavy atom. The van der Waals surface area contributed by atoms with Crippen molar-refractivity contribution in [2.24, 2.45) is 0 Å². The fourth-order valence-electron chi connectivity index (χ4n) is 2.30. The number of para-hydroxylation sites is 2. The van der Waals surface area contributed by atoms with E-state index in [2.05, 4.69) is 4.98 Å². The first kappa shape index (κ1) is 14.8. The molecule has 0 N–H and O–H groups in total. The Morgan fingerprint density at radius 2 is 1.83 bits per heavy atom. The number of aromatic nitrogens is 1. The van der Waals surface area contributed by atoms with Crippen molar-refractivity contribution in [3.05, 3.63) is 64.3 Å². The molecular formula is C18H15NO4. The molecule has 0 saturated heterocycles. The lowest BCUT2D eigenvalue weighted by Crippen LogP contribution is -2.06. The minimum atomic E-state index is -0.316. The van der Waals surface area contributed by atoms with Gasteiger partial charge in [0.1, 0.15) is 5.58 Å². The van der Waals surface area contributed by atoms with Crippen LogP contribution in [0.15, 0.2) is 51.7 Å². The van der Waals surface area contributed by atoms with Crippen LogP contribution in [-0.2, 0) is 0 Å². The number of nitrogens with zero attached hydrogens (tertiary/aromatic N) is 1. The van der Waals surface area contributed by atoms with Crippen LogP contribution in [0, 0.1) is 0 Å². The fourth-order valence-corrected chi connectivity index (χ4v) is 2.30. The molecule has 0 atom stereocenters. The topological polar surface area (TPSA) is 61.6 Å². The first-order valence-corrected chi connectivity index (χ1v) is 7.02. The second-order valence-electron chi connectivity index (χ2n) is 4.77. The highest BCUT2D eigenvalue weighted by molar-refractivity contribution is 5.77. The van der Waals surface area contributed by atoms with Crippen LogP contribution < -0.4 is 15.0 Å². The van der Waals surface area contributed by atoms with Crippen molar-refractivity contribution in [3.63, 3.8) is 0 Å². The highest BCUT2D eigenvalue weighted by Gasteiger charge is 2.08. The number of fused-ring (bicyclic) bond motifs is 1. The van der Waals surface area contributed by atoms with Crippen LogP contribution in [0.25, 0.3) is 23.1 Å². The third kappa shape index (κ3) is 2.94. The van der Waals surface area contributed by atoms with Crippen molar-refractivity contribution in [2.75, 3.05) is 14.2 Å². The summed E-state index contributed by atoms with van der Waals surface area (Å²) in [4.78, 5) is 15.9. The first-order valence-electron chi connectivity index (χ1n) is 7.02. The van der Waals surface area contributed by atoms with Crippen LogP contribution in [0.3, 0.4) is 0 Å². The van der Waals surface area contributed by atoms with Gasteiger partial charge in [-0.25, -0.2) is 0 Å². The van der Waals surface area contributed by atoms with E-state index in [0.717, 1.165) is 5.56 Å². The summed E-state index contributed by atoms with van der Waals surface area (Å²) < 4.78 is 16.2. The van der Waals surface area contributed by atoms with Crippen molar-refractivity contribution in [2.45, 2.75) is 0 Å². The maximum Gasteiger partial charge on any atom is 0.284 e. The van der Waals surface area contributed by atoms with E-state index in [1.165, 1.54) is 0 Å². The van der Waals surface area contributed by atoms with Crippen molar-refractivity contribution in [1.29, 1.82) is 0 Å². The summed E-state index contributed by atoms with van der Waals surface area (Å²) >= 11 is 0. The minimum absolute atomic E-state index is 0.235. The van der Waals surface area contributed by atoms with Gasteiger partial charge in [-0.05, 0) is 24.3 Å². The minimum Gasteiger partial charge on any atom is -0.493 e. The molecule has 0 fully saturated rings. The zero-order valence-corrected chi connectivity index (χ0v) is 12.8. The SMILES string of the molecule is COc1cccc(/C=C/c2nc(=O)c3ccccc3o2)c1OC. The Bertz CT molecular complexity index is 928. The van der Waals surface area contributed by atoms with Crippen LogP contribution in [0.4, 0.5) is 0 Å². The molecule has 0 amide bonds. The Balaban J connectivity index is 2.02. The van der Waals surface area contributed by atoms with E-state index in [1.54, 1.807) is 44.6 Å². The lowest BCUT2D eigenvalue weighted by atomic mass is 10.1. The number of rotatable bonds is 4. The average Bonchev–Trinajstić information content (AvgIpc) is 2.59. The van der Waals surface area contributed by atoms with E-state index in [0.29, 0.717) is 22.5 Å². The second kappa shape index (κ2) is 6.36. The van der Waals surface area contributed by atoms with Gasteiger partial charge in [0.2, 0.25) is 5.89 Å². The normalized spacial score (nSPS) is 11.0. The molecule has 3 rings (SSSR count). The molecule has 0 aliphatic heterocycles. The number of ether oxygens (including phenoxy) is 2. The monoisotopic (exact) mass is 309 g/mol. The standard InChI is InChI=1S/C18H15NO4/c1-21-15-9-5-6-12(17(15)22-2)10-11-16-19-18(20)13-7-3-4-8-14(13)23-16/h3-11H,1-2H3/b11-10+. The van der Waals surface area contributed by atoms with Crippen LogP contribution in [-0.4, -0.2) is 19.2 Å². The second-order valence-corrected chi connectivity index (χ2v) is 4.77. The van der Waals surface area contributed by atoms with E-state index >= 15 is 0 Å². The fraction of sp³-hybridized carbons (Fsp3) is 0.111. The molecule has 5 nitrogen and oxygen atoms in total. The molecule has 23 heavy (non-hydrogen) atoms. The van der Waals surface area contributed by atoms with Gasteiger partial charge in [0.05, 0.1) is 19.6 Å². The van der Waals surface area contributed by atoms with Gasteiger partial charge < -0.3 is 13.9 Å².